The van der Waals surface area contributed by atoms with E-state index >= 15 is 0 Å². The van der Waals surface area contributed by atoms with Crippen molar-refractivity contribution in [3.8, 4) is 0 Å². The highest BCUT2D eigenvalue weighted by Crippen LogP contribution is 2.67. The highest BCUT2D eigenvalue weighted by molar-refractivity contribution is 7.72. The summed E-state index contributed by atoms with van der Waals surface area (Å²) in [5.41, 5.74) is 0. The third-order valence-electron chi connectivity index (χ3n) is 2.15. The van der Waals surface area contributed by atoms with Crippen molar-refractivity contribution in [3.63, 3.8) is 0 Å². The first-order chi connectivity index (χ1) is 7.47. The van der Waals surface area contributed by atoms with E-state index in [9.17, 15) is 14.2 Å². The van der Waals surface area contributed by atoms with Crippen molar-refractivity contribution in [1.82, 2.24) is 4.57 Å². The molecule has 0 atom stereocenters. The highest BCUT2D eigenvalue weighted by atomic mass is 31.2. The standard InChI is InChI=1S/C6H12N2O7P2/c1-7-2-3-8(5-7)4-6(9,16(10,11)12)17(13,14)15/h2-3,5,9H,4H2,1H3,(H3-,10,11,12,13,14,15)/p+1. The molecule has 0 saturated heterocycles. The van der Waals surface area contributed by atoms with Gasteiger partial charge in [0.2, 0.25) is 6.33 Å². The smallest absolute Gasteiger partial charge is 0.365 e. The molecule has 9 nitrogen and oxygen atoms in total. The van der Waals surface area contributed by atoms with Crippen molar-refractivity contribution in [2.75, 3.05) is 0 Å². The summed E-state index contributed by atoms with van der Waals surface area (Å²) in [7, 11) is -9.20. The molecule has 1 aromatic rings. The molecule has 0 radical (unpaired) electrons. The number of aryl methyl sites for hydroxylation is 1. The van der Waals surface area contributed by atoms with Crippen molar-refractivity contribution < 1.29 is 38.4 Å². The number of rotatable bonds is 4. The van der Waals surface area contributed by atoms with E-state index in [0.717, 1.165) is 4.57 Å². The van der Waals surface area contributed by atoms with Gasteiger partial charge in [0, 0.05) is 0 Å². The van der Waals surface area contributed by atoms with Crippen LogP contribution < -0.4 is 4.57 Å². The molecule has 0 spiro atoms. The minimum Gasteiger partial charge on any atom is -0.365 e. The molecule has 1 aromatic heterocycles. The molecule has 98 valence electrons. The Labute approximate surface area is 96.3 Å². The minimum atomic E-state index is -5.40. The maximum atomic E-state index is 11.0. The van der Waals surface area contributed by atoms with Crippen molar-refractivity contribution in [1.29, 1.82) is 0 Å². The predicted octanol–water partition coefficient (Wildman–Crippen LogP) is -1.69. The number of hydrogen-bond acceptors (Lipinski definition) is 3. The van der Waals surface area contributed by atoms with E-state index in [-0.39, 0.29) is 0 Å². The third-order valence-corrected chi connectivity index (χ3v) is 5.86. The SMILES string of the molecule is C[n+]1ccn(CC(O)(P(=O)(O)O)P(=O)(O)O)c1. The van der Waals surface area contributed by atoms with E-state index in [2.05, 4.69) is 0 Å². The quantitative estimate of drug-likeness (QED) is 0.328. The lowest BCUT2D eigenvalue weighted by molar-refractivity contribution is -0.671. The Bertz CT molecular complexity index is 478. The van der Waals surface area contributed by atoms with E-state index in [1.807, 2.05) is 0 Å². The topological polar surface area (TPSA) is 144 Å². The lowest BCUT2D eigenvalue weighted by atomic mass is 10.6. The summed E-state index contributed by atoms with van der Waals surface area (Å²) in [6.45, 7) is -0.914. The van der Waals surface area contributed by atoms with Crippen LogP contribution in [0.15, 0.2) is 18.7 Å². The first-order valence-corrected chi connectivity index (χ1v) is 7.54. The molecule has 11 heteroatoms. The van der Waals surface area contributed by atoms with Crippen LogP contribution >= 0.6 is 15.2 Å². The average molecular weight is 287 g/mol. The summed E-state index contributed by atoms with van der Waals surface area (Å²) < 4.78 is 24.6. The Hall–Kier alpha value is -0.530. The monoisotopic (exact) mass is 287 g/mol. The van der Waals surface area contributed by atoms with E-state index in [1.165, 1.54) is 23.3 Å². The number of nitrogens with zero attached hydrogens (tertiary/aromatic N) is 2. The van der Waals surface area contributed by atoms with Gasteiger partial charge in [0.15, 0.2) is 0 Å². The van der Waals surface area contributed by atoms with Crippen LogP contribution in [0.3, 0.4) is 0 Å². The predicted molar refractivity (Wildman–Crippen MR) is 54.6 cm³/mol. The van der Waals surface area contributed by atoms with Crippen LogP contribution in [-0.2, 0) is 22.7 Å². The summed E-state index contributed by atoms with van der Waals surface area (Å²) in [5.74, 6) is 0. The first-order valence-electron chi connectivity index (χ1n) is 4.32. The number of aromatic nitrogens is 2. The van der Waals surface area contributed by atoms with Crippen molar-refractivity contribution >= 4 is 15.2 Å². The lowest BCUT2D eigenvalue weighted by Gasteiger charge is -2.27. The van der Waals surface area contributed by atoms with Crippen LogP contribution in [-0.4, -0.2) is 34.3 Å². The van der Waals surface area contributed by atoms with E-state index < -0.39 is 26.8 Å². The van der Waals surface area contributed by atoms with Gasteiger partial charge in [-0.2, -0.15) is 0 Å². The second-order valence-corrected chi connectivity index (χ2v) is 7.62. The molecular weight excluding hydrogens is 274 g/mol. The van der Waals surface area contributed by atoms with E-state index in [1.54, 1.807) is 7.05 Å². The molecule has 0 amide bonds. The molecule has 1 rings (SSSR count). The summed E-state index contributed by atoms with van der Waals surface area (Å²) in [6.07, 6.45) is 4.12. The molecule has 1 heterocycles. The minimum absolute atomic E-state index is 0.914. The summed E-state index contributed by atoms with van der Waals surface area (Å²) >= 11 is 0. The molecule has 0 aliphatic rings. The van der Waals surface area contributed by atoms with Gasteiger partial charge in [-0.1, -0.05) is 0 Å². The maximum absolute atomic E-state index is 11.0. The Morgan fingerprint density at radius 2 is 1.71 bits per heavy atom. The van der Waals surface area contributed by atoms with Gasteiger partial charge in [-0.25, -0.2) is 9.13 Å². The second-order valence-electron chi connectivity index (χ2n) is 3.61. The zero-order valence-electron chi connectivity index (χ0n) is 8.78. The summed E-state index contributed by atoms with van der Waals surface area (Å²) in [4.78, 5) is 35.6. The molecular formula is C6H13N2O7P2+. The van der Waals surface area contributed by atoms with Crippen LogP contribution in [0.25, 0.3) is 0 Å². The summed E-state index contributed by atoms with van der Waals surface area (Å²) in [6, 6.07) is 0. The van der Waals surface area contributed by atoms with Gasteiger partial charge < -0.3 is 24.7 Å². The van der Waals surface area contributed by atoms with Gasteiger partial charge in [-0.15, -0.1) is 0 Å². The molecule has 0 aliphatic carbocycles. The molecule has 5 N–H and O–H groups in total. The van der Waals surface area contributed by atoms with Crippen molar-refractivity contribution in [2.24, 2.45) is 7.05 Å². The Morgan fingerprint density at radius 1 is 1.24 bits per heavy atom. The van der Waals surface area contributed by atoms with Gasteiger partial charge in [-0.3, -0.25) is 9.13 Å². The average Bonchev–Trinajstić information content (AvgIpc) is 2.47. The van der Waals surface area contributed by atoms with Crippen LogP contribution in [0.1, 0.15) is 0 Å². The zero-order chi connectivity index (χ0) is 13.5. The number of hydrogen-bond donors (Lipinski definition) is 5. The van der Waals surface area contributed by atoms with Gasteiger partial charge in [0.25, 0.3) is 0 Å². The Balaban J connectivity index is 3.19. The summed E-state index contributed by atoms with van der Waals surface area (Å²) in [5, 5.41) is 6.17. The molecule has 17 heavy (non-hydrogen) atoms. The highest BCUT2D eigenvalue weighted by Gasteiger charge is 2.61. The number of aliphatic hydroxyl groups is 1. The fourth-order valence-corrected chi connectivity index (χ4v) is 3.25. The van der Waals surface area contributed by atoms with Crippen molar-refractivity contribution in [2.45, 2.75) is 11.6 Å². The lowest BCUT2D eigenvalue weighted by Crippen LogP contribution is -2.34. The van der Waals surface area contributed by atoms with Crippen LogP contribution in [0, 0.1) is 0 Å². The van der Waals surface area contributed by atoms with Crippen LogP contribution in [0.2, 0.25) is 0 Å². The normalized spacial score (nSPS) is 14.0. The van der Waals surface area contributed by atoms with Gasteiger partial charge >= 0.3 is 20.3 Å². The number of imidazole rings is 1. The molecule has 0 aliphatic heterocycles. The van der Waals surface area contributed by atoms with Crippen LogP contribution in [0.4, 0.5) is 0 Å². The van der Waals surface area contributed by atoms with E-state index in [0.29, 0.717) is 0 Å². The third kappa shape index (κ3) is 2.83. The molecule has 0 aromatic carbocycles. The Kier molecular flexibility index (Phi) is 3.67. The van der Waals surface area contributed by atoms with Crippen molar-refractivity contribution in [3.05, 3.63) is 18.7 Å². The largest absolute Gasteiger partial charge is 0.373 e. The Morgan fingerprint density at radius 3 is 2.00 bits per heavy atom. The molecule has 0 saturated carbocycles. The van der Waals surface area contributed by atoms with Gasteiger partial charge in [-0.05, 0) is 0 Å². The zero-order valence-corrected chi connectivity index (χ0v) is 10.6. The first kappa shape index (κ1) is 14.5. The maximum Gasteiger partial charge on any atom is 0.373 e. The van der Waals surface area contributed by atoms with Crippen LogP contribution in [0.5, 0.6) is 0 Å². The molecule has 0 unspecified atom stereocenters. The van der Waals surface area contributed by atoms with Gasteiger partial charge in [0.1, 0.15) is 18.9 Å². The molecule has 0 fully saturated rings. The van der Waals surface area contributed by atoms with Gasteiger partial charge in [0.05, 0.1) is 7.05 Å². The van der Waals surface area contributed by atoms with E-state index in [4.69, 9.17) is 19.6 Å². The fourth-order valence-electron chi connectivity index (χ4n) is 1.19. The molecule has 0 bridgehead atoms. The second kappa shape index (κ2) is 4.29. The fraction of sp³-hybridized carbons (Fsp3) is 0.500.